The van der Waals surface area contributed by atoms with Gasteiger partial charge in [0.05, 0.1) is 0 Å². The molecule has 2 aliphatic heterocycles. The van der Waals surface area contributed by atoms with Crippen molar-refractivity contribution in [1.29, 1.82) is 0 Å². The zero-order valence-corrected chi connectivity index (χ0v) is 13.0. The number of nitrogens with zero attached hydrogens (tertiary/aromatic N) is 2. The van der Waals surface area contributed by atoms with E-state index in [0.717, 1.165) is 12.5 Å². The highest BCUT2D eigenvalue weighted by molar-refractivity contribution is 8.14. The lowest BCUT2D eigenvalue weighted by Crippen LogP contribution is -2.41. The van der Waals surface area contributed by atoms with E-state index in [-0.39, 0.29) is 0 Å². The van der Waals surface area contributed by atoms with Gasteiger partial charge in [-0.25, -0.2) is 0 Å². The van der Waals surface area contributed by atoms with Gasteiger partial charge in [0.2, 0.25) is 0 Å². The second-order valence-electron chi connectivity index (χ2n) is 6.42. The Kier molecular flexibility index (Phi) is 4.37. The molecule has 1 saturated carbocycles. The first-order valence-corrected chi connectivity index (χ1v) is 8.96. The van der Waals surface area contributed by atoms with Crippen LogP contribution in [0.5, 0.6) is 0 Å². The van der Waals surface area contributed by atoms with Crippen molar-refractivity contribution in [2.75, 3.05) is 31.9 Å². The summed E-state index contributed by atoms with van der Waals surface area (Å²) in [6, 6.07) is 0. The second kappa shape index (κ2) is 6.04. The predicted octanol–water partition coefficient (Wildman–Crippen LogP) is 2.72. The first kappa shape index (κ1) is 13.7. The van der Waals surface area contributed by atoms with E-state index in [2.05, 4.69) is 17.1 Å². The first-order valence-electron chi connectivity index (χ1n) is 7.97. The number of amidine groups is 1. The van der Waals surface area contributed by atoms with Crippen LogP contribution in [0.25, 0.3) is 0 Å². The third-order valence-electron chi connectivity index (χ3n) is 5.07. The molecule has 0 aromatic carbocycles. The van der Waals surface area contributed by atoms with Gasteiger partial charge in [0, 0.05) is 17.8 Å². The van der Waals surface area contributed by atoms with E-state index in [1.54, 1.807) is 0 Å². The monoisotopic (exact) mass is 281 g/mol. The van der Waals surface area contributed by atoms with Gasteiger partial charge in [0.15, 0.2) is 5.17 Å². The molecule has 3 nitrogen and oxygen atoms in total. The molecule has 108 valence electrons. The molecule has 3 aliphatic rings. The maximum absolute atomic E-state index is 4.87. The molecular formula is C15H27N3S. The van der Waals surface area contributed by atoms with Crippen molar-refractivity contribution in [2.24, 2.45) is 10.9 Å². The Morgan fingerprint density at radius 3 is 2.74 bits per heavy atom. The molecule has 1 N–H and O–H groups in total. The second-order valence-corrected chi connectivity index (χ2v) is 7.39. The standard InChI is InChI=1S/C15H27N3S/c1-2-18-9-5-13(6-10-18)11-16-14-17-15(12-19-14)7-3-4-8-15/h13H,2-12H2,1H3,(H,16,17). The highest BCUT2D eigenvalue weighted by atomic mass is 32.2. The predicted molar refractivity (Wildman–Crippen MR) is 83.9 cm³/mol. The van der Waals surface area contributed by atoms with Crippen molar-refractivity contribution in [1.82, 2.24) is 10.2 Å². The van der Waals surface area contributed by atoms with Crippen molar-refractivity contribution >= 4 is 16.9 Å². The molecule has 0 atom stereocenters. The van der Waals surface area contributed by atoms with Crippen LogP contribution in [-0.4, -0.2) is 47.5 Å². The van der Waals surface area contributed by atoms with Gasteiger partial charge in [-0.05, 0) is 51.2 Å². The zero-order chi connectivity index (χ0) is 13.1. The van der Waals surface area contributed by atoms with Crippen molar-refractivity contribution in [3.63, 3.8) is 0 Å². The molecule has 0 amide bonds. The highest BCUT2D eigenvalue weighted by Gasteiger charge is 2.39. The van der Waals surface area contributed by atoms with E-state index < -0.39 is 0 Å². The number of rotatable bonds is 3. The Labute approximate surface area is 121 Å². The molecule has 0 unspecified atom stereocenters. The Bertz CT molecular complexity index is 328. The minimum Gasteiger partial charge on any atom is -0.359 e. The van der Waals surface area contributed by atoms with E-state index in [1.165, 1.54) is 69.1 Å². The number of likely N-dealkylation sites (tertiary alicyclic amines) is 1. The van der Waals surface area contributed by atoms with Crippen molar-refractivity contribution in [2.45, 2.75) is 51.0 Å². The van der Waals surface area contributed by atoms with Crippen LogP contribution in [0.3, 0.4) is 0 Å². The Balaban J connectivity index is 1.46. The average molecular weight is 281 g/mol. The van der Waals surface area contributed by atoms with Crippen LogP contribution < -0.4 is 5.32 Å². The van der Waals surface area contributed by atoms with Crippen LogP contribution in [-0.2, 0) is 0 Å². The number of hydrogen-bond donors (Lipinski definition) is 1. The number of piperidine rings is 1. The number of hydrogen-bond acceptors (Lipinski definition) is 3. The highest BCUT2D eigenvalue weighted by Crippen LogP contribution is 2.37. The lowest BCUT2D eigenvalue weighted by molar-refractivity contribution is 0.196. The fourth-order valence-corrected chi connectivity index (χ4v) is 4.84. The smallest absolute Gasteiger partial charge is 0.157 e. The van der Waals surface area contributed by atoms with Gasteiger partial charge in [0.25, 0.3) is 0 Å². The van der Waals surface area contributed by atoms with Crippen LogP contribution in [0, 0.1) is 5.92 Å². The molecule has 3 rings (SSSR count). The van der Waals surface area contributed by atoms with Crippen LogP contribution >= 0.6 is 11.8 Å². The van der Waals surface area contributed by atoms with Crippen LogP contribution in [0.2, 0.25) is 0 Å². The summed E-state index contributed by atoms with van der Waals surface area (Å²) in [5.74, 6) is 2.07. The molecule has 4 heteroatoms. The Morgan fingerprint density at radius 2 is 2.05 bits per heavy atom. The van der Waals surface area contributed by atoms with Crippen molar-refractivity contribution in [3.05, 3.63) is 0 Å². The van der Waals surface area contributed by atoms with Gasteiger partial charge in [-0.3, -0.25) is 4.99 Å². The molecule has 1 aliphatic carbocycles. The van der Waals surface area contributed by atoms with Gasteiger partial charge in [-0.15, -0.1) is 0 Å². The third kappa shape index (κ3) is 3.27. The van der Waals surface area contributed by atoms with Crippen molar-refractivity contribution in [3.8, 4) is 0 Å². The molecule has 2 saturated heterocycles. The maximum Gasteiger partial charge on any atom is 0.157 e. The Hall–Kier alpha value is -0.220. The van der Waals surface area contributed by atoms with E-state index >= 15 is 0 Å². The third-order valence-corrected chi connectivity index (χ3v) is 6.27. The summed E-state index contributed by atoms with van der Waals surface area (Å²) in [5, 5.41) is 4.96. The van der Waals surface area contributed by atoms with Crippen LogP contribution in [0.1, 0.15) is 45.4 Å². The van der Waals surface area contributed by atoms with Gasteiger partial charge >= 0.3 is 0 Å². The minimum absolute atomic E-state index is 0.426. The first-order chi connectivity index (χ1) is 9.30. The summed E-state index contributed by atoms with van der Waals surface area (Å²) < 4.78 is 0. The SMILES string of the molecule is CCN1CCC(CN=C2NC3(CCCC3)CS2)CC1. The van der Waals surface area contributed by atoms with Crippen molar-refractivity contribution < 1.29 is 0 Å². The number of nitrogens with one attached hydrogen (secondary N) is 1. The van der Waals surface area contributed by atoms with E-state index in [0.29, 0.717) is 5.54 Å². The normalized spacial score (nSPS) is 30.3. The summed E-state index contributed by atoms with van der Waals surface area (Å²) in [5.41, 5.74) is 0.426. The van der Waals surface area contributed by atoms with Gasteiger partial charge < -0.3 is 10.2 Å². The molecule has 0 aromatic rings. The van der Waals surface area contributed by atoms with Gasteiger partial charge in [0.1, 0.15) is 0 Å². The van der Waals surface area contributed by atoms with Gasteiger partial charge in [-0.1, -0.05) is 31.5 Å². The number of thioether (sulfide) groups is 1. The quantitative estimate of drug-likeness (QED) is 0.862. The molecule has 3 fully saturated rings. The van der Waals surface area contributed by atoms with E-state index in [9.17, 15) is 0 Å². The Morgan fingerprint density at radius 1 is 1.32 bits per heavy atom. The molecule has 0 bridgehead atoms. The summed E-state index contributed by atoms with van der Waals surface area (Å²) >= 11 is 1.96. The molecule has 1 spiro atoms. The number of aliphatic imine (C=N–C) groups is 1. The summed E-state index contributed by atoms with van der Waals surface area (Å²) in [6.07, 6.45) is 8.18. The lowest BCUT2D eigenvalue weighted by Gasteiger charge is -2.30. The summed E-state index contributed by atoms with van der Waals surface area (Å²) in [7, 11) is 0. The topological polar surface area (TPSA) is 27.6 Å². The summed E-state index contributed by atoms with van der Waals surface area (Å²) in [4.78, 5) is 7.42. The maximum atomic E-state index is 4.87. The molecule has 2 heterocycles. The average Bonchev–Trinajstić information content (AvgIpc) is 3.08. The van der Waals surface area contributed by atoms with Crippen LogP contribution in [0.4, 0.5) is 0 Å². The lowest BCUT2D eigenvalue weighted by atomic mass is 9.97. The molecule has 0 aromatic heterocycles. The largest absolute Gasteiger partial charge is 0.359 e. The summed E-state index contributed by atoms with van der Waals surface area (Å²) in [6.45, 7) is 7.07. The van der Waals surface area contributed by atoms with E-state index in [4.69, 9.17) is 4.99 Å². The zero-order valence-electron chi connectivity index (χ0n) is 12.2. The fraction of sp³-hybridized carbons (Fsp3) is 0.933. The molecule has 0 radical (unpaired) electrons. The fourth-order valence-electron chi connectivity index (χ4n) is 3.61. The minimum atomic E-state index is 0.426. The van der Waals surface area contributed by atoms with Gasteiger partial charge in [-0.2, -0.15) is 0 Å². The molecular weight excluding hydrogens is 254 g/mol. The molecule has 19 heavy (non-hydrogen) atoms. The van der Waals surface area contributed by atoms with Crippen LogP contribution in [0.15, 0.2) is 4.99 Å². The van der Waals surface area contributed by atoms with E-state index in [1.807, 2.05) is 11.8 Å².